The summed E-state index contributed by atoms with van der Waals surface area (Å²) in [6.45, 7) is 4.63. The molecule has 0 amide bonds. The minimum Gasteiger partial charge on any atom is -0.305 e. The Morgan fingerprint density at radius 2 is 2.05 bits per heavy atom. The highest BCUT2D eigenvalue weighted by Gasteiger charge is 2.37. The van der Waals surface area contributed by atoms with Crippen molar-refractivity contribution < 1.29 is 0 Å². The normalized spacial score (nSPS) is 36.6. The van der Waals surface area contributed by atoms with Gasteiger partial charge >= 0.3 is 0 Å². The molecule has 3 nitrogen and oxygen atoms in total. The highest BCUT2D eigenvalue weighted by Crippen LogP contribution is 2.36. The van der Waals surface area contributed by atoms with Gasteiger partial charge in [0.25, 0.3) is 0 Å². The number of hydrogen-bond acceptors (Lipinski definition) is 3. The molecular weight excluding hydrogens is 234 g/mol. The topological polar surface area (TPSA) is 30.3 Å². The number of likely N-dealkylation sites (tertiary alicyclic amines) is 1. The Bertz CT molecular complexity index is 320. The molecule has 19 heavy (non-hydrogen) atoms. The molecule has 0 aromatic rings. The molecule has 1 aliphatic carbocycles. The molecule has 1 heterocycles. The maximum Gasteiger partial charge on any atom is 0.0672 e. The molecule has 2 rings (SSSR count). The van der Waals surface area contributed by atoms with Crippen LogP contribution in [0.4, 0.5) is 0 Å². The molecule has 1 saturated heterocycles. The minimum absolute atomic E-state index is 0.272. The van der Waals surface area contributed by atoms with Crippen LogP contribution in [0.15, 0.2) is 0 Å². The molecule has 0 radical (unpaired) electrons. The Hall–Kier alpha value is -0.590. The first kappa shape index (κ1) is 14.8. The van der Waals surface area contributed by atoms with E-state index in [0.717, 1.165) is 18.9 Å². The van der Waals surface area contributed by atoms with Crippen LogP contribution in [0, 0.1) is 23.2 Å². The van der Waals surface area contributed by atoms with Crippen LogP contribution in [0.3, 0.4) is 0 Å². The van der Waals surface area contributed by atoms with Crippen LogP contribution in [0.5, 0.6) is 0 Å². The third kappa shape index (κ3) is 3.49. The maximum atomic E-state index is 9.43. The first-order chi connectivity index (χ1) is 9.15. The van der Waals surface area contributed by atoms with Gasteiger partial charge in [0.1, 0.15) is 0 Å². The predicted octanol–water partition coefficient (Wildman–Crippen LogP) is 2.73. The van der Waals surface area contributed by atoms with Crippen molar-refractivity contribution in [3.05, 3.63) is 0 Å². The summed E-state index contributed by atoms with van der Waals surface area (Å²) < 4.78 is 0. The van der Waals surface area contributed by atoms with E-state index in [1.165, 1.54) is 38.6 Å². The molecular formula is C16H29N3. The first-order valence-electron chi connectivity index (χ1n) is 7.95. The average Bonchev–Trinajstić information content (AvgIpc) is 2.88. The summed E-state index contributed by atoms with van der Waals surface area (Å²) in [4.78, 5) is 4.95. The van der Waals surface area contributed by atoms with Crippen molar-refractivity contribution in [1.29, 1.82) is 5.26 Å². The fourth-order valence-electron chi connectivity index (χ4n) is 3.95. The number of hydrogen-bond donors (Lipinski definition) is 0. The molecule has 0 aromatic carbocycles. The van der Waals surface area contributed by atoms with Crippen LogP contribution in [0.25, 0.3) is 0 Å². The lowest BCUT2D eigenvalue weighted by molar-refractivity contribution is 0.113. The van der Waals surface area contributed by atoms with Crippen molar-refractivity contribution in [3.63, 3.8) is 0 Å². The van der Waals surface area contributed by atoms with Crippen LogP contribution in [0.2, 0.25) is 0 Å². The third-order valence-electron chi connectivity index (χ3n) is 5.18. The summed E-state index contributed by atoms with van der Waals surface area (Å²) in [5, 5.41) is 9.43. The summed E-state index contributed by atoms with van der Waals surface area (Å²) in [5.41, 5.74) is 0. The predicted molar refractivity (Wildman–Crippen MR) is 78.8 cm³/mol. The second kappa shape index (κ2) is 6.72. The molecule has 1 aliphatic heterocycles. The second-order valence-corrected chi connectivity index (χ2v) is 6.67. The summed E-state index contributed by atoms with van der Waals surface area (Å²) in [6, 6.07) is 3.80. The third-order valence-corrected chi connectivity index (χ3v) is 5.18. The van der Waals surface area contributed by atoms with E-state index in [2.05, 4.69) is 36.9 Å². The van der Waals surface area contributed by atoms with E-state index in [0.29, 0.717) is 12.1 Å². The van der Waals surface area contributed by atoms with E-state index in [1.807, 2.05) is 0 Å². The van der Waals surface area contributed by atoms with Crippen LogP contribution in [-0.2, 0) is 0 Å². The van der Waals surface area contributed by atoms with Gasteiger partial charge in [-0.2, -0.15) is 5.26 Å². The standard InChI is InChI=1S/C16H29N3/c1-4-5-13-6-7-14(11-17)16(10-13)19-9-8-15(12-19)18(2)3/h13-16H,4-10,12H2,1-3H3. The molecule has 4 unspecified atom stereocenters. The van der Waals surface area contributed by atoms with Gasteiger partial charge in [0.05, 0.1) is 12.0 Å². The van der Waals surface area contributed by atoms with E-state index in [1.54, 1.807) is 0 Å². The molecule has 0 N–H and O–H groups in total. The Balaban J connectivity index is 1.97. The lowest BCUT2D eigenvalue weighted by atomic mass is 9.76. The molecule has 0 spiro atoms. The van der Waals surface area contributed by atoms with Crippen molar-refractivity contribution in [1.82, 2.24) is 9.80 Å². The number of nitriles is 1. The molecule has 0 bridgehead atoms. The van der Waals surface area contributed by atoms with Crippen molar-refractivity contribution in [2.45, 2.75) is 57.5 Å². The fraction of sp³-hybridized carbons (Fsp3) is 0.938. The lowest BCUT2D eigenvalue weighted by Gasteiger charge is -2.38. The van der Waals surface area contributed by atoms with Crippen molar-refractivity contribution in [3.8, 4) is 6.07 Å². The summed E-state index contributed by atoms with van der Waals surface area (Å²) in [7, 11) is 4.35. The smallest absolute Gasteiger partial charge is 0.0672 e. The highest BCUT2D eigenvalue weighted by atomic mass is 15.2. The van der Waals surface area contributed by atoms with Gasteiger partial charge in [0.2, 0.25) is 0 Å². The van der Waals surface area contributed by atoms with Gasteiger partial charge in [-0.25, -0.2) is 0 Å². The van der Waals surface area contributed by atoms with Crippen molar-refractivity contribution in [2.75, 3.05) is 27.2 Å². The lowest BCUT2D eigenvalue weighted by Crippen LogP contribution is -2.44. The van der Waals surface area contributed by atoms with E-state index >= 15 is 0 Å². The minimum atomic E-state index is 0.272. The highest BCUT2D eigenvalue weighted by molar-refractivity contribution is 4.99. The van der Waals surface area contributed by atoms with Gasteiger partial charge in [-0.05, 0) is 45.7 Å². The van der Waals surface area contributed by atoms with Crippen molar-refractivity contribution >= 4 is 0 Å². The zero-order chi connectivity index (χ0) is 13.8. The molecule has 4 atom stereocenters. The number of rotatable bonds is 4. The monoisotopic (exact) mass is 263 g/mol. The number of nitrogens with zero attached hydrogens (tertiary/aromatic N) is 3. The van der Waals surface area contributed by atoms with Gasteiger partial charge < -0.3 is 4.90 Å². The van der Waals surface area contributed by atoms with Crippen LogP contribution < -0.4 is 0 Å². The van der Waals surface area contributed by atoms with E-state index in [-0.39, 0.29) is 5.92 Å². The zero-order valence-corrected chi connectivity index (χ0v) is 12.8. The zero-order valence-electron chi connectivity index (χ0n) is 12.8. The Kier molecular flexibility index (Phi) is 5.24. The second-order valence-electron chi connectivity index (χ2n) is 6.67. The molecule has 108 valence electrons. The van der Waals surface area contributed by atoms with E-state index in [9.17, 15) is 5.26 Å². The molecule has 2 aliphatic rings. The summed E-state index contributed by atoms with van der Waals surface area (Å²) in [6.07, 6.45) is 7.54. The van der Waals surface area contributed by atoms with E-state index < -0.39 is 0 Å². The first-order valence-corrected chi connectivity index (χ1v) is 7.95. The van der Waals surface area contributed by atoms with Gasteiger partial charge in [-0.15, -0.1) is 0 Å². The summed E-state index contributed by atoms with van der Waals surface area (Å²) >= 11 is 0. The molecule has 3 heteroatoms. The van der Waals surface area contributed by atoms with Gasteiger partial charge in [-0.3, -0.25) is 4.90 Å². The average molecular weight is 263 g/mol. The fourth-order valence-corrected chi connectivity index (χ4v) is 3.95. The Morgan fingerprint density at radius 3 is 2.63 bits per heavy atom. The van der Waals surface area contributed by atoms with Gasteiger partial charge in [-0.1, -0.05) is 19.8 Å². The van der Waals surface area contributed by atoms with E-state index in [4.69, 9.17) is 0 Å². The molecule has 1 saturated carbocycles. The molecule has 0 aromatic heterocycles. The van der Waals surface area contributed by atoms with Crippen LogP contribution >= 0.6 is 0 Å². The largest absolute Gasteiger partial charge is 0.305 e. The molecule has 2 fully saturated rings. The van der Waals surface area contributed by atoms with Crippen molar-refractivity contribution in [2.24, 2.45) is 11.8 Å². The SMILES string of the molecule is CCCC1CCC(C#N)C(N2CCC(N(C)C)C2)C1. The maximum absolute atomic E-state index is 9.43. The summed E-state index contributed by atoms with van der Waals surface area (Å²) in [5.74, 6) is 1.13. The van der Waals surface area contributed by atoms with Crippen LogP contribution in [0.1, 0.15) is 45.4 Å². The van der Waals surface area contributed by atoms with Gasteiger partial charge in [0.15, 0.2) is 0 Å². The number of likely N-dealkylation sites (N-methyl/N-ethyl adjacent to an activating group) is 1. The quantitative estimate of drug-likeness (QED) is 0.781. The Morgan fingerprint density at radius 1 is 1.26 bits per heavy atom. The van der Waals surface area contributed by atoms with Gasteiger partial charge in [0, 0.05) is 25.2 Å². The Labute approximate surface area is 118 Å². The van der Waals surface area contributed by atoms with Crippen LogP contribution in [-0.4, -0.2) is 49.1 Å².